The second kappa shape index (κ2) is 11.6. The number of ether oxygens (including phenoxy) is 2. The van der Waals surface area contributed by atoms with Crippen molar-refractivity contribution in [3.8, 4) is 5.75 Å². The van der Waals surface area contributed by atoms with E-state index in [0.717, 1.165) is 9.37 Å². The highest BCUT2D eigenvalue weighted by Crippen LogP contribution is 2.37. The van der Waals surface area contributed by atoms with Crippen LogP contribution < -0.4 is 19.6 Å². The molecule has 0 bridgehead atoms. The van der Waals surface area contributed by atoms with Crippen molar-refractivity contribution < 1.29 is 18.7 Å². The molecule has 0 spiro atoms. The van der Waals surface area contributed by atoms with E-state index in [1.807, 2.05) is 43.3 Å². The molecule has 2 aromatic carbocycles. The van der Waals surface area contributed by atoms with Gasteiger partial charge in [-0.25, -0.2) is 9.79 Å². The molecular weight excluding hydrogens is 612 g/mol. The van der Waals surface area contributed by atoms with Crippen LogP contribution in [0.1, 0.15) is 43.7 Å². The lowest BCUT2D eigenvalue weighted by Crippen LogP contribution is -2.40. The van der Waals surface area contributed by atoms with E-state index < -0.39 is 12.0 Å². The highest BCUT2D eigenvalue weighted by atomic mass is 79.9. The molecule has 0 unspecified atom stereocenters. The molecule has 40 heavy (non-hydrogen) atoms. The van der Waals surface area contributed by atoms with Gasteiger partial charge in [-0.3, -0.25) is 9.36 Å². The Morgan fingerprint density at radius 3 is 2.60 bits per heavy atom. The first kappa shape index (κ1) is 28.2. The molecule has 0 radical (unpaired) electrons. The minimum atomic E-state index is -0.790. The molecule has 0 saturated carbocycles. The fourth-order valence-electron chi connectivity index (χ4n) is 4.39. The van der Waals surface area contributed by atoms with Crippen LogP contribution in [0.4, 0.5) is 0 Å². The molecule has 1 atom stereocenters. The first-order chi connectivity index (χ1) is 19.1. The minimum Gasteiger partial charge on any atom is -0.496 e. The predicted octanol–water partition coefficient (Wildman–Crippen LogP) is 6.01. The Kier molecular flexibility index (Phi) is 8.21. The zero-order chi connectivity index (χ0) is 28.6. The second-order valence-corrected chi connectivity index (χ2v) is 12.5. The molecule has 3 heterocycles. The lowest BCUT2D eigenvalue weighted by atomic mass is 9.95. The Bertz CT molecular complexity index is 1800. The van der Waals surface area contributed by atoms with Gasteiger partial charge in [0.05, 0.1) is 29.0 Å². The standard InChI is InChI=1S/C30H27BrN2O5S2/c1-16(2)37-29(35)26-18(4)32-30-33(27(26)22-14-19(31)8-12-23(22)36-5)28(34)24(40-30)15-20-9-13-25(38-20)39-21-10-6-17(3)7-11-21/h6-16,27H,1-5H3/b24-15-/t27-/m1/s1. The smallest absolute Gasteiger partial charge is 0.338 e. The predicted molar refractivity (Wildman–Crippen MR) is 160 cm³/mol. The average Bonchev–Trinajstić information content (AvgIpc) is 3.47. The van der Waals surface area contributed by atoms with Crippen molar-refractivity contribution >= 4 is 51.1 Å². The van der Waals surface area contributed by atoms with Gasteiger partial charge in [0.15, 0.2) is 9.89 Å². The van der Waals surface area contributed by atoms with E-state index in [-0.39, 0.29) is 11.7 Å². The number of carbonyl (C=O) groups is 1. The summed E-state index contributed by atoms with van der Waals surface area (Å²) in [5.74, 6) is 0.559. The van der Waals surface area contributed by atoms with Crippen LogP contribution in [0, 0.1) is 6.92 Å². The molecule has 1 aliphatic rings. The number of hydrogen-bond acceptors (Lipinski definition) is 8. The number of fused-ring (bicyclic) bond motifs is 1. The van der Waals surface area contributed by atoms with Gasteiger partial charge >= 0.3 is 5.97 Å². The van der Waals surface area contributed by atoms with E-state index in [9.17, 15) is 9.59 Å². The highest BCUT2D eigenvalue weighted by molar-refractivity contribution is 9.10. The van der Waals surface area contributed by atoms with E-state index in [1.54, 1.807) is 40.0 Å². The molecule has 0 saturated heterocycles. The molecule has 4 aromatic rings. The van der Waals surface area contributed by atoms with Gasteiger partial charge in [0.2, 0.25) is 0 Å². The maximum atomic E-state index is 13.9. The lowest BCUT2D eigenvalue weighted by molar-refractivity contribution is -0.143. The molecule has 0 N–H and O–H groups in total. The highest BCUT2D eigenvalue weighted by Gasteiger charge is 2.35. The number of halogens is 1. The summed E-state index contributed by atoms with van der Waals surface area (Å²) in [6.45, 7) is 7.37. The SMILES string of the molecule is COc1ccc(Br)cc1[C@@H]1C(C(=O)OC(C)C)=C(C)N=c2s/c(=C\c3ccc(Sc4ccc(C)cc4)o3)c(=O)n21. The van der Waals surface area contributed by atoms with Gasteiger partial charge in [-0.1, -0.05) is 56.7 Å². The van der Waals surface area contributed by atoms with Crippen molar-refractivity contribution in [2.45, 2.75) is 49.8 Å². The first-order valence-corrected chi connectivity index (χ1v) is 15.0. The van der Waals surface area contributed by atoms with Gasteiger partial charge in [0.1, 0.15) is 17.6 Å². The van der Waals surface area contributed by atoms with Crippen molar-refractivity contribution in [1.29, 1.82) is 0 Å². The number of carbonyl (C=O) groups excluding carboxylic acids is 1. The van der Waals surface area contributed by atoms with Gasteiger partial charge in [-0.05, 0) is 70.2 Å². The van der Waals surface area contributed by atoms with Crippen LogP contribution in [0.5, 0.6) is 5.75 Å². The Labute approximate surface area is 248 Å². The van der Waals surface area contributed by atoms with Gasteiger partial charge in [0, 0.05) is 21.0 Å². The number of methoxy groups -OCH3 is 1. The second-order valence-electron chi connectivity index (χ2n) is 9.49. The number of aryl methyl sites for hydroxylation is 1. The van der Waals surface area contributed by atoms with E-state index in [0.29, 0.717) is 42.8 Å². The van der Waals surface area contributed by atoms with E-state index in [4.69, 9.17) is 13.9 Å². The maximum Gasteiger partial charge on any atom is 0.338 e. The van der Waals surface area contributed by atoms with Crippen LogP contribution in [-0.2, 0) is 9.53 Å². The first-order valence-electron chi connectivity index (χ1n) is 12.6. The zero-order valence-corrected chi connectivity index (χ0v) is 25.8. The van der Waals surface area contributed by atoms with Crippen LogP contribution in [0.15, 0.2) is 94.5 Å². The monoisotopic (exact) mass is 638 g/mol. The molecule has 0 fully saturated rings. The van der Waals surface area contributed by atoms with Crippen molar-refractivity contribution in [2.24, 2.45) is 4.99 Å². The summed E-state index contributed by atoms with van der Waals surface area (Å²) in [6.07, 6.45) is 1.37. The number of aromatic nitrogens is 1. The molecule has 0 amide bonds. The summed E-state index contributed by atoms with van der Waals surface area (Å²) in [6, 6.07) is 16.6. The summed E-state index contributed by atoms with van der Waals surface area (Å²) in [4.78, 5) is 33.5. The summed E-state index contributed by atoms with van der Waals surface area (Å²) >= 11 is 6.28. The third kappa shape index (κ3) is 5.75. The van der Waals surface area contributed by atoms with Crippen molar-refractivity contribution in [3.05, 3.63) is 107 Å². The normalized spacial score (nSPS) is 15.3. The van der Waals surface area contributed by atoms with Crippen LogP contribution >= 0.6 is 39.0 Å². The number of furan rings is 1. The average molecular weight is 640 g/mol. The number of benzene rings is 2. The summed E-state index contributed by atoms with van der Waals surface area (Å²) in [5, 5.41) is 0.717. The molecule has 5 rings (SSSR count). The number of rotatable bonds is 7. The largest absolute Gasteiger partial charge is 0.496 e. The van der Waals surface area contributed by atoms with Crippen LogP contribution in [-0.4, -0.2) is 23.8 Å². The molecular formula is C30H27BrN2O5S2. The van der Waals surface area contributed by atoms with Gasteiger partial charge < -0.3 is 13.9 Å². The van der Waals surface area contributed by atoms with E-state index in [2.05, 4.69) is 33.1 Å². The third-order valence-corrected chi connectivity index (χ3v) is 8.59. The molecule has 10 heteroatoms. The quantitative estimate of drug-likeness (QED) is 0.231. The van der Waals surface area contributed by atoms with Crippen LogP contribution in [0.25, 0.3) is 6.08 Å². The molecule has 7 nitrogen and oxygen atoms in total. The number of nitrogens with zero attached hydrogens (tertiary/aromatic N) is 2. The summed E-state index contributed by atoms with van der Waals surface area (Å²) in [7, 11) is 1.56. The Morgan fingerprint density at radius 2 is 1.90 bits per heavy atom. The number of hydrogen-bond donors (Lipinski definition) is 0. The summed E-state index contributed by atoms with van der Waals surface area (Å²) in [5.41, 5.74) is 2.32. The molecule has 206 valence electrons. The Hall–Kier alpha value is -3.34. The lowest BCUT2D eigenvalue weighted by Gasteiger charge is -2.26. The number of esters is 1. The van der Waals surface area contributed by atoms with Crippen molar-refractivity contribution in [3.63, 3.8) is 0 Å². The van der Waals surface area contributed by atoms with Gasteiger partial charge in [-0.2, -0.15) is 0 Å². The number of allylic oxidation sites excluding steroid dienone is 1. The summed E-state index contributed by atoms with van der Waals surface area (Å²) < 4.78 is 20.0. The molecule has 0 aliphatic carbocycles. The molecule has 2 aromatic heterocycles. The van der Waals surface area contributed by atoms with Crippen LogP contribution in [0.2, 0.25) is 0 Å². The Balaban J connectivity index is 1.61. The zero-order valence-electron chi connectivity index (χ0n) is 22.6. The van der Waals surface area contributed by atoms with Gasteiger partial charge in [0.25, 0.3) is 5.56 Å². The Morgan fingerprint density at radius 1 is 1.15 bits per heavy atom. The molecule has 1 aliphatic heterocycles. The topological polar surface area (TPSA) is 83.0 Å². The van der Waals surface area contributed by atoms with Crippen LogP contribution in [0.3, 0.4) is 0 Å². The van der Waals surface area contributed by atoms with E-state index >= 15 is 0 Å². The fraction of sp³-hybridized carbons (Fsp3) is 0.233. The third-order valence-electron chi connectivity index (χ3n) is 6.19. The maximum absolute atomic E-state index is 13.9. The van der Waals surface area contributed by atoms with Crippen molar-refractivity contribution in [1.82, 2.24) is 4.57 Å². The van der Waals surface area contributed by atoms with Gasteiger partial charge in [-0.15, -0.1) is 0 Å². The van der Waals surface area contributed by atoms with Crippen molar-refractivity contribution in [2.75, 3.05) is 7.11 Å². The number of thiazole rings is 1. The fourth-order valence-corrected chi connectivity index (χ4v) is 6.58. The minimum absolute atomic E-state index is 0.290. The van der Waals surface area contributed by atoms with E-state index in [1.165, 1.54) is 33.2 Å².